The predicted molar refractivity (Wildman–Crippen MR) is 78.7 cm³/mol. The molecular weight excluding hydrogens is 268 g/mol. The zero-order chi connectivity index (χ0) is 15.0. The van der Waals surface area contributed by atoms with Crippen molar-refractivity contribution in [3.05, 3.63) is 0 Å². The molecule has 3 rings (SSSR count). The zero-order valence-electron chi connectivity index (χ0n) is 12.8. The van der Waals surface area contributed by atoms with Crippen molar-refractivity contribution in [3.63, 3.8) is 0 Å². The molecule has 1 aliphatic heterocycles. The molecule has 0 aromatic rings. The SMILES string of the molecule is CC1CC(C(=O)O)C(C(=O)NCC2CCN(C3CC3)C2)C1. The largest absolute Gasteiger partial charge is 0.481 e. The average Bonchev–Trinajstić information content (AvgIpc) is 3.05. The van der Waals surface area contributed by atoms with Gasteiger partial charge >= 0.3 is 5.97 Å². The molecule has 1 saturated heterocycles. The van der Waals surface area contributed by atoms with Crippen LogP contribution in [-0.4, -0.2) is 47.6 Å². The van der Waals surface area contributed by atoms with Crippen LogP contribution in [-0.2, 0) is 9.59 Å². The number of carboxylic acids is 1. The van der Waals surface area contributed by atoms with E-state index in [1.54, 1.807) is 0 Å². The number of amides is 1. The smallest absolute Gasteiger partial charge is 0.307 e. The van der Waals surface area contributed by atoms with Crippen molar-refractivity contribution in [2.45, 2.75) is 45.1 Å². The summed E-state index contributed by atoms with van der Waals surface area (Å²) in [6, 6.07) is 0.803. The van der Waals surface area contributed by atoms with Crippen molar-refractivity contribution in [1.29, 1.82) is 0 Å². The Balaban J connectivity index is 1.46. The molecule has 5 nitrogen and oxygen atoms in total. The topological polar surface area (TPSA) is 69.6 Å². The van der Waals surface area contributed by atoms with E-state index in [4.69, 9.17) is 0 Å². The third-order valence-corrected chi connectivity index (χ3v) is 5.40. The van der Waals surface area contributed by atoms with Gasteiger partial charge in [0.2, 0.25) is 5.91 Å². The molecule has 3 fully saturated rings. The van der Waals surface area contributed by atoms with Gasteiger partial charge in [-0.2, -0.15) is 0 Å². The van der Waals surface area contributed by atoms with Crippen molar-refractivity contribution in [3.8, 4) is 0 Å². The molecule has 4 atom stereocenters. The van der Waals surface area contributed by atoms with E-state index in [9.17, 15) is 14.7 Å². The highest BCUT2D eigenvalue weighted by Crippen LogP contribution is 2.36. The molecule has 0 aromatic carbocycles. The minimum Gasteiger partial charge on any atom is -0.481 e. The van der Waals surface area contributed by atoms with Gasteiger partial charge < -0.3 is 15.3 Å². The first-order valence-corrected chi connectivity index (χ1v) is 8.29. The van der Waals surface area contributed by atoms with Crippen LogP contribution in [0.2, 0.25) is 0 Å². The summed E-state index contributed by atoms with van der Waals surface area (Å²) in [5, 5.41) is 12.3. The van der Waals surface area contributed by atoms with Crippen LogP contribution in [0.4, 0.5) is 0 Å². The van der Waals surface area contributed by atoms with E-state index < -0.39 is 11.9 Å². The molecule has 1 amide bonds. The second-order valence-electron chi connectivity index (χ2n) is 7.25. The maximum absolute atomic E-state index is 12.3. The number of nitrogens with one attached hydrogen (secondary N) is 1. The average molecular weight is 294 g/mol. The van der Waals surface area contributed by atoms with Crippen LogP contribution < -0.4 is 5.32 Å². The molecule has 0 radical (unpaired) electrons. The Hall–Kier alpha value is -1.10. The van der Waals surface area contributed by atoms with Gasteiger partial charge in [-0.3, -0.25) is 9.59 Å². The Morgan fingerprint density at radius 3 is 2.57 bits per heavy atom. The van der Waals surface area contributed by atoms with Crippen molar-refractivity contribution >= 4 is 11.9 Å². The van der Waals surface area contributed by atoms with Gasteiger partial charge in [-0.1, -0.05) is 6.92 Å². The third kappa shape index (κ3) is 3.39. The number of likely N-dealkylation sites (tertiary alicyclic amines) is 1. The summed E-state index contributed by atoms with van der Waals surface area (Å²) in [7, 11) is 0. The van der Waals surface area contributed by atoms with Crippen molar-refractivity contribution in [1.82, 2.24) is 10.2 Å². The number of carbonyl (C=O) groups excluding carboxylic acids is 1. The van der Waals surface area contributed by atoms with E-state index in [0.717, 1.165) is 25.6 Å². The molecule has 2 aliphatic carbocycles. The molecule has 2 saturated carbocycles. The lowest BCUT2D eigenvalue weighted by atomic mass is 9.95. The monoisotopic (exact) mass is 294 g/mol. The van der Waals surface area contributed by atoms with Crippen LogP contribution in [0.3, 0.4) is 0 Å². The summed E-state index contributed by atoms with van der Waals surface area (Å²) in [5.74, 6) is -0.822. The standard InChI is InChI=1S/C16H26N2O3/c1-10-6-13(14(7-10)16(20)21)15(19)17-8-11-4-5-18(9-11)12-2-3-12/h10-14H,2-9H2,1H3,(H,17,19)(H,20,21). The van der Waals surface area contributed by atoms with Crippen molar-refractivity contribution in [2.75, 3.05) is 19.6 Å². The first-order chi connectivity index (χ1) is 10.0. The van der Waals surface area contributed by atoms with Crippen LogP contribution in [0.15, 0.2) is 0 Å². The maximum Gasteiger partial charge on any atom is 0.307 e. The number of aliphatic carboxylic acids is 1. The second kappa shape index (κ2) is 5.95. The van der Waals surface area contributed by atoms with Crippen molar-refractivity contribution in [2.24, 2.45) is 23.7 Å². The number of carbonyl (C=O) groups is 2. The van der Waals surface area contributed by atoms with Crippen molar-refractivity contribution < 1.29 is 14.7 Å². The first kappa shape index (κ1) is 14.8. The first-order valence-electron chi connectivity index (χ1n) is 8.29. The fraction of sp³-hybridized carbons (Fsp3) is 0.875. The molecule has 2 N–H and O–H groups in total. The Bertz CT molecular complexity index is 422. The number of hydrogen-bond acceptors (Lipinski definition) is 3. The zero-order valence-corrected chi connectivity index (χ0v) is 12.8. The van der Waals surface area contributed by atoms with E-state index in [2.05, 4.69) is 10.2 Å². The lowest BCUT2D eigenvalue weighted by Crippen LogP contribution is -2.38. The van der Waals surface area contributed by atoms with Crippen LogP contribution in [0, 0.1) is 23.7 Å². The van der Waals surface area contributed by atoms with E-state index in [-0.39, 0.29) is 11.8 Å². The third-order valence-electron chi connectivity index (χ3n) is 5.40. The quantitative estimate of drug-likeness (QED) is 0.802. The van der Waals surface area contributed by atoms with Crippen LogP contribution in [0.1, 0.15) is 39.0 Å². The lowest BCUT2D eigenvalue weighted by molar-refractivity contribution is -0.146. The van der Waals surface area contributed by atoms with Crippen LogP contribution >= 0.6 is 0 Å². The molecule has 0 bridgehead atoms. The van der Waals surface area contributed by atoms with E-state index >= 15 is 0 Å². The molecule has 118 valence electrons. The van der Waals surface area contributed by atoms with Gasteiger partial charge in [0.05, 0.1) is 11.8 Å². The lowest BCUT2D eigenvalue weighted by Gasteiger charge is -2.18. The summed E-state index contributed by atoms with van der Waals surface area (Å²) in [6.07, 6.45) is 5.16. The Kier molecular flexibility index (Phi) is 4.20. The number of rotatable bonds is 5. The second-order valence-corrected chi connectivity index (χ2v) is 7.25. The Labute approximate surface area is 126 Å². The highest BCUT2D eigenvalue weighted by atomic mass is 16.4. The van der Waals surface area contributed by atoms with E-state index in [0.29, 0.717) is 31.2 Å². The molecule has 1 heterocycles. The summed E-state index contributed by atoms with van der Waals surface area (Å²) < 4.78 is 0. The molecule has 0 spiro atoms. The number of hydrogen-bond donors (Lipinski definition) is 2. The fourth-order valence-electron chi connectivity index (χ4n) is 4.03. The highest BCUT2D eigenvalue weighted by Gasteiger charge is 2.41. The van der Waals surface area contributed by atoms with Crippen LogP contribution in [0.25, 0.3) is 0 Å². The highest BCUT2D eigenvalue weighted by molar-refractivity contribution is 5.85. The number of carboxylic acid groups (broad SMARTS) is 1. The van der Waals surface area contributed by atoms with Gasteiger partial charge in [0, 0.05) is 19.1 Å². The van der Waals surface area contributed by atoms with E-state index in [1.807, 2.05) is 6.92 Å². The van der Waals surface area contributed by atoms with E-state index in [1.165, 1.54) is 12.8 Å². The van der Waals surface area contributed by atoms with Gasteiger partial charge in [-0.05, 0) is 50.5 Å². The molecule has 4 unspecified atom stereocenters. The van der Waals surface area contributed by atoms with Crippen LogP contribution in [0.5, 0.6) is 0 Å². The summed E-state index contributed by atoms with van der Waals surface area (Å²) >= 11 is 0. The normalized spacial score (nSPS) is 36.8. The van der Waals surface area contributed by atoms with Gasteiger partial charge in [0.15, 0.2) is 0 Å². The minimum absolute atomic E-state index is 0.0448. The van der Waals surface area contributed by atoms with Gasteiger partial charge in [0.1, 0.15) is 0 Å². The van der Waals surface area contributed by atoms with Gasteiger partial charge in [-0.15, -0.1) is 0 Å². The Morgan fingerprint density at radius 2 is 1.90 bits per heavy atom. The fourth-order valence-corrected chi connectivity index (χ4v) is 4.03. The summed E-state index contributed by atoms with van der Waals surface area (Å²) in [4.78, 5) is 26.1. The molecule has 5 heteroatoms. The van der Waals surface area contributed by atoms with Gasteiger partial charge in [0.25, 0.3) is 0 Å². The molecule has 3 aliphatic rings. The summed E-state index contributed by atoms with van der Waals surface area (Å²) in [6.45, 7) is 4.99. The molecular formula is C16H26N2O3. The molecule has 21 heavy (non-hydrogen) atoms. The molecule has 0 aromatic heterocycles. The minimum atomic E-state index is -0.819. The Morgan fingerprint density at radius 1 is 1.19 bits per heavy atom. The predicted octanol–water partition coefficient (Wildman–Crippen LogP) is 1.33. The number of nitrogens with zero attached hydrogens (tertiary/aromatic N) is 1. The van der Waals surface area contributed by atoms with Gasteiger partial charge in [-0.25, -0.2) is 0 Å². The summed E-state index contributed by atoms with van der Waals surface area (Å²) in [5.41, 5.74) is 0. The maximum atomic E-state index is 12.3.